The second-order valence-electron chi connectivity index (χ2n) is 8.66. The van der Waals surface area contributed by atoms with Crippen molar-refractivity contribution >= 4 is 12.0 Å². The average molecular weight is 458 g/mol. The summed E-state index contributed by atoms with van der Waals surface area (Å²) >= 11 is 0. The van der Waals surface area contributed by atoms with Crippen LogP contribution in [0.2, 0.25) is 0 Å². The second kappa shape index (κ2) is 12.0. The molecule has 6 nitrogen and oxygen atoms in total. The van der Waals surface area contributed by atoms with Crippen molar-refractivity contribution in [2.24, 2.45) is 0 Å². The normalized spacial score (nSPS) is 16.5. The van der Waals surface area contributed by atoms with E-state index < -0.39 is 12.1 Å². The fourth-order valence-corrected chi connectivity index (χ4v) is 4.20. The van der Waals surface area contributed by atoms with Crippen LogP contribution in [-0.2, 0) is 29.1 Å². The van der Waals surface area contributed by atoms with Crippen molar-refractivity contribution in [3.8, 4) is 0 Å². The number of alkyl carbamates (subject to hydrolysis) is 1. The molecule has 1 aliphatic heterocycles. The molecule has 0 aliphatic carbocycles. The van der Waals surface area contributed by atoms with Gasteiger partial charge in [0.15, 0.2) is 0 Å². The molecule has 3 aromatic rings. The Hall–Kier alpha value is -3.64. The third-order valence-electron chi connectivity index (χ3n) is 5.97. The van der Waals surface area contributed by atoms with E-state index in [4.69, 9.17) is 4.74 Å². The summed E-state index contributed by atoms with van der Waals surface area (Å²) in [6.45, 7) is 2.74. The lowest BCUT2D eigenvalue weighted by Crippen LogP contribution is -2.51. The molecule has 0 aromatic heterocycles. The minimum atomic E-state index is -0.714. The first-order chi connectivity index (χ1) is 16.7. The van der Waals surface area contributed by atoms with Crippen LogP contribution in [-0.4, -0.2) is 42.1 Å². The lowest BCUT2D eigenvalue weighted by Gasteiger charge is -2.22. The molecule has 1 fully saturated rings. The molecule has 1 heterocycles. The Morgan fingerprint density at radius 1 is 0.853 bits per heavy atom. The third-order valence-corrected chi connectivity index (χ3v) is 5.97. The molecule has 3 aromatic carbocycles. The van der Waals surface area contributed by atoms with Crippen LogP contribution in [0.4, 0.5) is 4.79 Å². The number of hydrogen-bond acceptors (Lipinski definition) is 4. The third kappa shape index (κ3) is 7.18. The number of carbonyl (C=O) groups excluding carboxylic acids is 2. The van der Waals surface area contributed by atoms with E-state index in [1.165, 1.54) is 5.56 Å². The Bertz CT molecular complexity index is 1040. The lowest BCUT2D eigenvalue weighted by atomic mass is 10.0. The minimum Gasteiger partial charge on any atom is -0.445 e. The molecule has 2 amide bonds. The van der Waals surface area contributed by atoms with Crippen molar-refractivity contribution in [3.05, 3.63) is 108 Å². The van der Waals surface area contributed by atoms with Crippen LogP contribution in [0, 0.1) is 0 Å². The van der Waals surface area contributed by atoms with Crippen LogP contribution in [0.1, 0.15) is 23.1 Å². The van der Waals surface area contributed by atoms with Gasteiger partial charge in [0.05, 0.1) is 0 Å². The largest absolute Gasteiger partial charge is 0.445 e. The maximum atomic E-state index is 13.2. The maximum Gasteiger partial charge on any atom is 0.408 e. The fraction of sp³-hybridized carbons (Fsp3) is 0.286. The van der Waals surface area contributed by atoms with Gasteiger partial charge in [-0.25, -0.2) is 4.79 Å². The Morgan fingerprint density at radius 2 is 1.44 bits per heavy atom. The first-order valence-electron chi connectivity index (χ1n) is 11.7. The molecule has 0 radical (unpaired) electrons. The smallest absolute Gasteiger partial charge is 0.408 e. The zero-order valence-corrected chi connectivity index (χ0v) is 19.2. The number of hydrogen-bond donors (Lipinski definition) is 2. The zero-order chi connectivity index (χ0) is 23.6. The summed E-state index contributed by atoms with van der Waals surface area (Å²) in [6, 6.07) is 28.8. The van der Waals surface area contributed by atoms with Gasteiger partial charge in [-0.05, 0) is 23.1 Å². The molecule has 1 aliphatic rings. The monoisotopic (exact) mass is 457 g/mol. The van der Waals surface area contributed by atoms with E-state index >= 15 is 0 Å². The predicted molar refractivity (Wildman–Crippen MR) is 132 cm³/mol. The van der Waals surface area contributed by atoms with E-state index in [1.807, 2.05) is 78.9 Å². The number of nitrogens with zero attached hydrogens (tertiary/aromatic N) is 1. The standard InChI is InChI=1S/C28H31N3O3/c32-27(29-25-16-17-31(20-25)19-23-12-6-2-7-13-23)26(18-22-10-4-1-5-11-22)30-28(33)34-21-24-14-8-3-9-15-24/h1-15,25-26H,16-21H2,(H,29,32)(H,30,33). The molecule has 2 unspecified atom stereocenters. The Morgan fingerprint density at radius 3 is 2.09 bits per heavy atom. The molecular formula is C28H31N3O3. The molecule has 0 bridgehead atoms. The number of benzene rings is 3. The van der Waals surface area contributed by atoms with Crippen molar-refractivity contribution in [2.45, 2.75) is 38.1 Å². The maximum absolute atomic E-state index is 13.2. The first kappa shape index (κ1) is 23.5. The molecule has 176 valence electrons. The second-order valence-corrected chi connectivity index (χ2v) is 8.66. The quantitative estimate of drug-likeness (QED) is 0.511. The molecular weight excluding hydrogens is 426 g/mol. The summed E-state index contributed by atoms with van der Waals surface area (Å²) in [7, 11) is 0. The van der Waals surface area contributed by atoms with Crippen LogP contribution in [0.3, 0.4) is 0 Å². The molecule has 34 heavy (non-hydrogen) atoms. The number of likely N-dealkylation sites (tertiary alicyclic amines) is 1. The van der Waals surface area contributed by atoms with E-state index in [1.54, 1.807) is 0 Å². The van der Waals surface area contributed by atoms with Crippen LogP contribution in [0.5, 0.6) is 0 Å². The predicted octanol–water partition coefficient (Wildman–Crippen LogP) is 3.91. The Balaban J connectivity index is 1.33. The van der Waals surface area contributed by atoms with E-state index in [-0.39, 0.29) is 18.6 Å². The summed E-state index contributed by atoms with van der Waals surface area (Å²) in [6.07, 6.45) is 0.680. The van der Waals surface area contributed by atoms with Crippen molar-refractivity contribution in [2.75, 3.05) is 13.1 Å². The van der Waals surface area contributed by atoms with E-state index in [9.17, 15) is 9.59 Å². The summed E-state index contributed by atoms with van der Waals surface area (Å²) in [5, 5.41) is 5.92. The summed E-state index contributed by atoms with van der Waals surface area (Å²) in [5.41, 5.74) is 3.13. The van der Waals surface area contributed by atoms with Gasteiger partial charge in [0.25, 0.3) is 0 Å². The fourth-order valence-electron chi connectivity index (χ4n) is 4.20. The first-order valence-corrected chi connectivity index (χ1v) is 11.7. The van der Waals surface area contributed by atoms with Crippen molar-refractivity contribution in [3.63, 3.8) is 0 Å². The molecule has 4 rings (SSSR count). The van der Waals surface area contributed by atoms with Gasteiger partial charge in [-0.1, -0.05) is 91.0 Å². The Labute approximate surface area is 200 Å². The van der Waals surface area contributed by atoms with Crippen molar-refractivity contribution < 1.29 is 14.3 Å². The number of ether oxygens (including phenoxy) is 1. The zero-order valence-electron chi connectivity index (χ0n) is 19.2. The summed E-state index contributed by atoms with van der Waals surface area (Å²) in [4.78, 5) is 28.0. The highest BCUT2D eigenvalue weighted by molar-refractivity contribution is 5.86. The number of carbonyl (C=O) groups is 2. The van der Waals surface area contributed by atoms with Crippen LogP contribution in [0.15, 0.2) is 91.0 Å². The van der Waals surface area contributed by atoms with E-state index in [0.29, 0.717) is 6.42 Å². The van der Waals surface area contributed by atoms with Crippen LogP contribution < -0.4 is 10.6 Å². The molecule has 2 N–H and O–H groups in total. The number of rotatable bonds is 9. The van der Waals surface area contributed by atoms with Gasteiger partial charge in [-0.3, -0.25) is 9.69 Å². The van der Waals surface area contributed by atoms with E-state index in [0.717, 1.165) is 37.2 Å². The topological polar surface area (TPSA) is 70.7 Å². The summed E-state index contributed by atoms with van der Waals surface area (Å²) < 4.78 is 5.36. The van der Waals surface area contributed by atoms with Gasteiger partial charge >= 0.3 is 6.09 Å². The highest BCUT2D eigenvalue weighted by atomic mass is 16.5. The van der Waals surface area contributed by atoms with Gasteiger partial charge in [0, 0.05) is 32.1 Å². The van der Waals surface area contributed by atoms with Gasteiger partial charge in [0.2, 0.25) is 5.91 Å². The van der Waals surface area contributed by atoms with Crippen LogP contribution >= 0.6 is 0 Å². The van der Waals surface area contributed by atoms with Gasteiger partial charge < -0.3 is 15.4 Å². The SMILES string of the molecule is O=C(NC(Cc1ccccc1)C(=O)NC1CCN(Cc2ccccc2)C1)OCc1ccccc1. The highest BCUT2D eigenvalue weighted by Crippen LogP contribution is 2.14. The summed E-state index contributed by atoms with van der Waals surface area (Å²) in [5.74, 6) is -0.188. The number of amides is 2. The number of nitrogens with one attached hydrogen (secondary N) is 2. The van der Waals surface area contributed by atoms with E-state index in [2.05, 4.69) is 27.7 Å². The highest BCUT2D eigenvalue weighted by Gasteiger charge is 2.28. The lowest BCUT2D eigenvalue weighted by molar-refractivity contribution is -0.123. The molecule has 1 saturated heterocycles. The molecule has 0 spiro atoms. The van der Waals surface area contributed by atoms with Crippen molar-refractivity contribution in [1.82, 2.24) is 15.5 Å². The molecule has 2 atom stereocenters. The van der Waals surface area contributed by atoms with Crippen molar-refractivity contribution in [1.29, 1.82) is 0 Å². The Kier molecular flexibility index (Phi) is 8.30. The van der Waals surface area contributed by atoms with Gasteiger partial charge in [-0.2, -0.15) is 0 Å². The molecule has 6 heteroatoms. The average Bonchev–Trinajstić information content (AvgIpc) is 3.30. The van der Waals surface area contributed by atoms with Gasteiger partial charge in [0.1, 0.15) is 12.6 Å². The van der Waals surface area contributed by atoms with Gasteiger partial charge in [-0.15, -0.1) is 0 Å². The molecule has 0 saturated carbocycles. The minimum absolute atomic E-state index is 0.0524. The van der Waals surface area contributed by atoms with Crippen LogP contribution in [0.25, 0.3) is 0 Å².